The first-order valence-corrected chi connectivity index (χ1v) is 18.7. The minimum Gasteiger partial charge on any atom is -0.512 e. The highest BCUT2D eigenvalue weighted by atomic mass is 16.3. The molecule has 6 nitrogen and oxygen atoms in total. The topological polar surface area (TPSA) is 98.7 Å². The summed E-state index contributed by atoms with van der Waals surface area (Å²) in [6.07, 6.45) is 46.9. The summed E-state index contributed by atoms with van der Waals surface area (Å²) in [5.41, 5.74) is 0. The molecule has 0 fully saturated rings. The molecule has 270 valence electrons. The molecule has 0 saturated heterocycles. The largest absolute Gasteiger partial charge is 0.512 e. The van der Waals surface area contributed by atoms with Gasteiger partial charge >= 0.3 is 0 Å². The molecule has 0 aliphatic heterocycles. The van der Waals surface area contributed by atoms with E-state index in [0.29, 0.717) is 50.3 Å². The number of amides is 2. The van der Waals surface area contributed by atoms with Crippen molar-refractivity contribution in [2.24, 2.45) is 0 Å². The van der Waals surface area contributed by atoms with Crippen LogP contribution < -0.4 is 10.6 Å². The van der Waals surface area contributed by atoms with Gasteiger partial charge in [0.05, 0.1) is 11.5 Å². The van der Waals surface area contributed by atoms with Crippen LogP contribution >= 0.6 is 0 Å². The molecule has 0 saturated carbocycles. The molecular weight excluding hydrogens is 596 g/mol. The maximum Gasteiger partial charge on any atom is 0.220 e. The zero-order chi connectivity index (χ0) is 35.2. The van der Waals surface area contributed by atoms with Crippen LogP contribution in [0.4, 0.5) is 0 Å². The maximum atomic E-state index is 12.0. The summed E-state index contributed by atoms with van der Waals surface area (Å²) in [7, 11) is 0. The van der Waals surface area contributed by atoms with Crippen molar-refractivity contribution in [1.29, 1.82) is 0 Å². The molecule has 4 N–H and O–H groups in total. The van der Waals surface area contributed by atoms with Gasteiger partial charge in [-0.25, -0.2) is 0 Å². The second kappa shape index (κ2) is 36.3. The monoisotopic (exact) mass is 665 g/mol. The van der Waals surface area contributed by atoms with Crippen molar-refractivity contribution in [3.05, 3.63) is 96.6 Å². The number of aliphatic hydroxyl groups excluding tert-OH is 2. The lowest BCUT2D eigenvalue weighted by atomic mass is 10.2. The molecule has 0 rings (SSSR count). The van der Waals surface area contributed by atoms with Gasteiger partial charge in [-0.2, -0.15) is 0 Å². The SMILES string of the molecule is CCCCCC=CCC=C(O)CC=CCC=CCCCC(=O)NCCNC(=O)CCCC=CCC=CCC(O)=CCC=CCCCCC. The van der Waals surface area contributed by atoms with Crippen LogP contribution in [-0.2, 0) is 9.59 Å². The highest BCUT2D eigenvalue weighted by Crippen LogP contribution is 2.06. The van der Waals surface area contributed by atoms with E-state index in [2.05, 4.69) is 73.1 Å². The van der Waals surface area contributed by atoms with Crippen LogP contribution in [0.15, 0.2) is 96.6 Å². The lowest BCUT2D eigenvalue weighted by Crippen LogP contribution is -2.34. The van der Waals surface area contributed by atoms with Crippen LogP contribution in [0.25, 0.3) is 0 Å². The smallest absolute Gasteiger partial charge is 0.220 e. The molecule has 0 aromatic rings. The first-order chi connectivity index (χ1) is 23.5. The summed E-state index contributed by atoms with van der Waals surface area (Å²) < 4.78 is 0. The van der Waals surface area contributed by atoms with Crippen molar-refractivity contribution in [1.82, 2.24) is 10.6 Å². The third-order valence-corrected chi connectivity index (χ3v) is 7.44. The molecule has 2 amide bonds. The van der Waals surface area contributed by atoms with E-state index in [1.165, 1.54) is 38.5 Å². The average Bonchev–Trinajstić information content (AvgIpc) is 3.07. The van der Waals surface area contributed by atoms with Gasteiger partial charge in [0, 0.05) is 38.8 Å². The van der Waals surface area contributed by atoms with Crippen LogP contribution in [0.3, 0.4) is 0 Å². The molecule has 0 bridgehead atoms. The minimum atomic E-state index is 0.00588. The molecule has 6 heteroatoms. The van der Waals surface area contributed by atoms with Gasteiger partial charge in [-0.3, -0.25) is 9.59 Å². The lowest BCUT2D eigenvalue weighted by molar-refractivity contribution is -0.123. The second-order valence-corrected chi connectivity index (χ2v) is 12.0. The van der Waals surface area contributed by atoms with Gasteiger partial charge in [0.25, 0.3) is 0 Å². The average molecular weight is 665 g/mol. The van der Waals surface area contributed by atoms with E-state index in [4.69, 9.17) is 0 Å². The first kappa shape index (κ1) is 44.5. The predicted octanol–water partition coefficient (Wildman–Crippen LogP) is 11.3. The number of carbonyl (C=O) groups is 2. The molecule has 0 aromatic carbocycles. The Morgan fingerprint density at radius 1 is 0.458 bits per heavy atom. The minimum absolute atomic E-state index is 0.00588. The Balaban J connectivity index is 3.71. The summed E-state index contributed by atoms with van der Waals surface area (Å²) in [4.78, 5) is 24.0. The summed E-state index contributed by atoms with van der Waals surface area (Å²) in [5, 5.41) is 25.6. The van der Waals surface area contributed by atoms with E-state index in [0.717, 1.165) is 64.2 Å². The molecule has 0 aromatic heterocycles. The van der Waals surface area contributed by atoms with E-state index in [9.17, 15) is 19.8 Å². The quantitative estimate of drug-likeness (QED) is 0.0337. The highest BCUT2D eigenvalue weighted by Gasteiger charge is 2.02. The van der Waals surface area contributed by atoms with Gasteiger partial charge in [-0.1, -0.05) is 112 Å². The van der Waals surface area contributed by atoms with Crippen molar-refractivity contribution in [2.45, 2.75) is 142 Å². The van der Waals surface area contributed by atoms with Gasteiger partial charge in [0.1, 0.15) is 0 Å². The van der Waals surface area contributed by atoms with Crippen LogP contribution in [0.5, 0.6) is 0 Å². The Labute approximate surface area is 293 Å². The van der Waals surface area contributed by atoms with Crippen LogP contribution in [0, 0.1) is 0 Å². The Morgan fingerprint density at radius 2 is 0.812 bits per heavy atom. The molecule has 0 aliphatic rings. The van der Waals surface area contributed by atoms with Crippen molar-refractivity contribution in [3.63, 3.8) is 0 Å². The maximum absolute atomic E-state index is 12.0. The zero-order valence-electron chi connectivity index (χ0n) is 30.4. The molecule has 0 atom stereocenters. The normalized spacial score (nSPS) is 13.0. The van der Waals surface area contributed by atoms with Gasteiger partial charge in [-0.05, 0) is 89.2 Å². The molecular formula is C42H68N2O4. The second-order valence-electron chi connectivity index (χ2n) is 12.0. The number of hydrogen-bond donors (Lipinski definition) is 4. The number of allylic oxidation sites excluding steroid dienone is 14. The number of unbranched alkanes of at least 4 members (excludes halogenated alkanes) is 8. The summed E-state index contributed by atoms with van der Waals surface area (Å²) >= 11 is 0. The predicted molar refractivity (Wildman–Crippen MR) is 206 cm³/mol. The fraction of sp³-hybridized carbons (Fsp3) is 0.571. The Kier molecular flexibility index (Phi) is 33.6. The number of carbonyl (C=O) groups excluding carboxylic acids is 2. The van der Waals surface area contributed by atoms with Crippen LogP contribution in [0.1, 0.15) is 142 Å². The lowest BCUT2D eigenvalue weighted by Gasteiger charge is -2.06. The van der Waals surface area contributed by atoms with E-state index < -0.39 is 0 Å². The molecule has 0 unspecified atom stereocenters. The number of aliphatic hydroxyl groups is 2. The van der Waals surface area contributed by atoms with E-state index in [-0.39, 0.29) is 11.8 Å². The van der Waals surface area contributed by atoms with Crippen molar-refractivity contribution in [3.8, 4) is 0 Å². The van der Waals surface area contributed by atoms with Gasteiger partial charge < -0.3 is 20.8 Å². The summed E-state index contributed by atoms with van der Waals surface area (Å²) in [6.45, 7) is 5.29. The first-order valence-electron chi connectivity index (χ1n) is 18.7. The third-order valence-electron chi connectivity index (χ3n) is 7.44. The Morgan fingerprint density at radius 3 is 1.21 bits per heavy atom. The van der Waals surface area contributed by atoms with Crippen molar-refractivity contribution < 1.29 is 19.8 Å². The Hall–Kier alpha value is -3.54. The highest BCUT2D eigenvalue weighted by molar-refractivity contribution is 5.77. The number of nitrogens with one attached hydrogen (secondary N) is 2. The van der Waals surface area contributed by atoms with E-state index in [1.54, 1.807) is 0 Å². The zero-order valence-corrected chi connectivity index (χ0v) is 30.4. The van der Waals surface area contributed by atoms with Gasteiger partial charge in [-0.15, -0.1) is 0 Å². The molecule has 0 aliphatic carbocycles. The molecule has 0 spiro atoms. The van der Waals surface area contributed by atoms with Crippen LogP contribution in [0.2, 0.25) is 0 Å². The molecule has 0 radical (unpaired) electrons. The molecule has 48 heavy (non-hydrogen) atoms. The van der Waals surface area contributed by atoms with Crippen LogP contribution in [-0.4, -0.2) is 35.1 Å². The van der Waals surface area contributed by atoms with E-state index >= 15 is 0 Å². The van der Waals surface area contributed by atoms with E-state index in [1.807, 2.05) is 36.5 Å². The Bertz CT molecular complexity index is 948. The van der Waals surface area contributed by atoms with Crippen molar-refractivity contribution >= 4 is 11.8 Å². The fourth-order valence-electron chi connectivity index (χ4n) is 4.55. The third kappa shape index (κ3) is 35.3. The fourth-order valence-corrected chi connectivity index (χ4v) is 4.55. The summed E-state index contributed by atoms with van der Waals surface area (Å²) in [6, 6.07) is 0. The number of rotatable bonds is 31. The van der Waals surface area contributed by atoms with Gasteiger partial charge in [0.2, 0.25) is 11.8 Å². The van der Waals surface area contributed by atoms with Crippen molar-refractivity contribution in [2.75, 3.05) is 13.1 Å². The summed E-state index contributed by atoms with van der Waals surface area (Å²) in [5.74, 6) is 0.820. The standard InChI is InChI=1S/C42H68N2O4/c1-3-5-7-9-13-19-25-31-39(45)33-27-21-15-11-17-23-29-35-41(47)43-37-38-44-42(48)36-30-24-18-12-16-22-28-34-40(46)32-26-20-14-10-8-6-4-2/h11-14,17-22,27-28,31-32,45-46H,3-10,15-16,23-26,29-30,33-38H2,1-2H3,(H,43,47)(H,44,48). The number of hydrogen-bond acceptors (Lipinski definition) is 4. The molecule has 0 heterocycles. The van der Waals surface area contributed by atoms with Gasteiger partial charge in [0.15, 0.2) is 0 Å².